The van der Waals surface area contributed by atoms with Crippen molar-refractivity contribution < 1.29 is 9.95 Å². The van der Waals surface area contributed by atoms with Crippen LogP contribution < -0.4 is 0 Å². The summed E-state index contributed by atoms with van der Waals surface area (Å²) in [5.74, 6) is 0. The molecule has 4 nitrogen and oxygen atoms in total. The lowest BCUT2D eigenvalue weighted by molar-refractivity contribution is -0.587. The molecule has 0 aromatic carbocycles. The molecule has 1 rings (SSSR count). The van der Waals surface area contributed by atoms with Gasteiger partial charge in [-0.15, -0.1) is 5.21 Å². The molecule has 1 aliphatic heterocycles. The quantitative estimate of drug-likeness (QED) is 0.421. The maximum Gasteiger partial charge on any atom is 0.248 e. The number of hydrogen-bond donors (Lipinski definition) is 0. The third kappa shape index (κ3) is 1.52. The topological polar surface area (TPSA) is 49.2 Å². The van der Waals surface area contributed by atoms with Gasteiger partial charge < -0.3 is 5.21 Å². The van der Waals surface area contributed by atoms with Gasteiger partial charge in [-0.1, -0.05) is 36.9 Å². The van der Waals surface area contributed by atoms with Gasteiger partial charge in [0.15, 0.2) is 3.74 Å². The fraction of sp³-hybridized carbons (Fsp3) is 0.875. The highest BCUT2D eigenvalue weighted by Gasteiger charge is 2.58. The summed E-state index contributed by atoms with van der Waals surface area (Å²) in [5, 5.41) is 24.6. The lowest BCUT2D eigenvalue weighted by Gasteiger charge is -2.27. The molecule has 0 aromatic heterocycles. The van der Waals surface area contributed by atoms with Crippen LogP contribution in [0.25, 0.3) is 0 Å². The molecule has 0 spiro atoms. The summed E-state index contributed by atoms with van der Waals surface area (Å²) in [6.07, 6.45) is 0. The van der Waals surface area contributed by atoms with Crippen LogP contribution in [0.2, 0.25) is 0 Å². The van der Waals surface area contributed by atoms with Crippen LogP contribution in [0.1, 0.15) is 27.7 Å². The van der Waals surface area contributed by atoms with Crippen molar-refractivity contribution in [1.82, 2.24) is 5.06 Å². The van der Waals surface area contributed by atoms with E-state index in [1.54, 1.807) is 27.7 Å². The summed E-state index contributed by atoms with van der Waals surface area (Å²) in [6, 6.07) is 0. The monoisotopic (exact) mass is 327 g/mol. The van der Waals surface area contributed by atoms with E-state index in [0.717, 1.165) is 9.80 Å². The first kappa shape index (κ1) is 12.4. The Morgan fingerprint density at radius 1 is 1.36 bits per heavy atom. The second-order valence-electron chi connectivity index (χ2n) is 4.33. The maximum absolute atomic E-state index is 11.9. The van der Waals surface area contributed by atoms with E-state index in [1.807, 2.05) is 0 Å². The van der Waals surface area contributed by atoms with E-state index < -0.39 is 11.2 Å². The van der Waals surface area contributed by atoms with Crippen molar-refractivity contribution in [3.05, 3.63) is 5.21 Å². The van der Waals surface area contributed by atoms with E-state index >= 15 is 0 Å². The van der Waals surface area contributed by atoms with Crippen LogP contribution in [-0.2, 0) is 5.21 Å². The zero-order valence-electron chi connectivity index (χ0n) is 8.54. The molecular formula is C8H13Br2N2O2. The summed E-state index contributed by atoms with van der Waals surface area (Å²) >= 11 is 6.54. The second kappa shape index (κ2) is 3.43. The van der Waals surface area contributed by atoms with Crippen LogP contribution in [0.3, 0.4) is 0 Å². The maximum atomic E-state index is 11.9. The van der Waals surface area contributed by atoms with Gasteiger partial charge in [0.25, 0.3) is 0 Å². The van der Waals surface area contributed by atoms with Crippen molar-refractivity contribution in [3.8, 4) is 0 Å². The smallest absolute Gasteiger partial charge is 0.248 e. The van der Waals surface area contributed by atoms with E-state index in [9.17, 15) is 10.4 Å². The van der Waals surface area contributed by atoms with Crippen LogP contribution >= 0.6 is 31.9 Å². The minimum absolute atomic E-state index is 0.277. The van der Waals surface area contributed by atoms with Crippen LogP contribution in [0.15, 0.2) is 0 Å². The predicted molar refractivity (Wildman–Crippen MR) is 61.0 cm³/mol. The third-order valence-electron chi connectivity index (χ3n) is 2.55. The van der Waals surface area contributed by atoms with Gasteiger partial charge in [-0.2, -0.15) is 4.74 Å². The minimum Gasteiger partial charge on any atom is -0.622 e. The van der Waals surface area contributed by atoms with Gasteiger partial charge >= 0.3 is 0 Å². The molecule has 0 aromatic rings. The van der Waals surface area contributed by atoms with Crippen molar-refractivity contribution >= 4 is 37.6 Å². The Kier molecular flexibility index (Phi) is 3.05. The molecule has 1 aliphatic rings. The fourth-order valence-corrected chi connectivity index (χ4v) is 3.26. The SMILES string of the molecule is CC1(C)C(C(Br)Br)=[N+]([O-])C(C)(C)N1[O]. The lowest BCUT2D eigenvalue weighted by atomic mass is 10.00. The standard InChI is InChI=1S/C8H13Br2N2O2/c1-7(2)5(6(9)10)11(13)8(3,4)12(7)14/h6H,1-4H3. The summed E-state index contributed by atoms with van der Waals surface area (Å²) in [7, 11) is 0. The van der Waals surface area contributed by atoms with Crippen LogP contribution in [0.5, 0.6) is 0 Å². The highest BCUT2D eigenvalue weighted by atomic mass is 79.9. The predicted octanol–water partition coefficient (Wildman–Crippen LogP) is 2.23. The molecule has 0 unspecified atom stereocenters. The first-order valence-corrected chi connectivity index (χ1v) is 6.07. The summed E-state index contributed by atoms with van der Waals surface area (Å²) in [5.41, 5.74) is -1.33. The average Bonchev–Trinajstić information content (AvgIpc) is 2.10. The summed E-state index contributed by atoms with van der Waals surface area (Å²) < 4.78 is 0.495. The zero-order valence-corrected chi connectivity index (χ0v) is 11.7. The first-order chi connectivity index (χ1) is 6.13. The number of halogens is 2. The van der Waals surface area contributed by atoms with E-state index in [-0.39, 0.29) is 3.74 Å². The molecule has 0 fully saturated rings. The molecule has 0 amide bonds. The molecule has 0 saturated carbocycles. The molecule has 0 saturated heterocycles. The van der Waals surface area contributed by atoms with E-state index in [4.69, 9.17) is 0 Å². The fourth-order valence-electron chi connectivity index (χ4n) is 1.77. The third-order valence-corrected chi connectivity index (χ3v) is 3.42. The number of nitrogens with zero attached hydrogens (tertiary/aromatic N) is 2. The molecule has 1 heterocycles. The molecule has 0 aliphatic carbocycles. The Bertz CT molecular complexity index is 287. The number of hydrogen-bond acceptors (Lipinski definition) is 2. The Morgan fingerprint density at radius 3 is 1.93 bits per heavy atom. The Hall–Kier alpha value is 0.350. The van der Waals surface area contributed by atoms with Gasteiger partial charge in [0.1, 0.15) is 5.54 Å². The van der Waals surface area contributed by atoms with Gasteiger partial charge in [-0.3, -0.25) is 0 Å². The first-order valence-electron chi connectivity index (χ1n) is 4.23. The molecular weight excluding hydrogens is 316 g/mol. The van der Waals surface area contributed by atoms with Gasteiger partial charge in [0.05, 0.1) is 0 Å². The van der Waals surface area contributed by atoms with Crippen LogP contribution in [0, 0.1) is 5.21 Å². The Labute approximate surface area is 100 Å². The van der Waals surface area contributed by atoms with Crippen molar-refractivity contribution in [1.29, 1.82) is 0 Å². The summed E-state index contributed by atoms with van der Waals surface area (Å²) in [4.78, 5) is 0. The molecule has 0 atom stereocenters. The van der Waals surface area contributed by atoms with Crippen LogP contribution in [0.4, 0.5) is 0 Å². The second-order valence-corrected chi connectivity index (χ2v) is 7.39. The number of alkyl halides is 2. The van der Waals surface area contributed by atoms with Gasteiger partial charge in [0, 0.05) is 13.8 Å². The average molecular weight is 329 g/mol. The Morgan fingerprint density at radius 2 is 1.79 bits per heavy atom. The highest BCUT2D eigenvalue weighted by molar-refractivity contribution is 9.25. The van der Waals surface area contributed by atoms with E-state index in [1.165, 1.54) is 0 Å². The van der Waals surface area contributed by atoms with Crippen molar-refractivity contribution in [3.63, 3.8) is 0 Å². The highest BCUT2D eigenvalue weighted by Crippen LogP contribution is 2.36. The normalized spacial score (nSPS) is 26.3. The summed E-state index contributed by atoms with van der Waals surface area (Å²) in [6.45, 7) is 6.71. The molecule has 81 valence electrons. The Balaban J connectivity index is 3.30. The molecule has 1 radical (unpaired) electrons. The van der Waals surface area contributed by atoms with E-state index in [2.05, 4.69) is 31.9 Å². The van der Waals surface area contributed by atoms with Crippen LogP contribution in [-0.4, -0.2) is 30.5 Å². The van der Waals surface area contributed by atoms with Crippen molar-refractivity contribution in [2.45, 2.75) is 42.6 Å². The van der Waals surface area contributed by atoms with Gasteiger partial charge in [-0.05, 0) is 13.8 Å². The van der Waals surface area contributed by atoms with Gasteiger partial charge in [-0.25, -0.2) is 0 Å². The van der Waals surface area contributed by atoms with E-state index in [0.29, 0.717) is 5.71 Å². The van der Waals surface area contributed by atoms with Gasteiger partial charge in [0.2, 0.25) is 11.4 Å². The molecule has 0 bridgehead atoms. The van der Waals surface area contributed by atoms with Crippen molar-refractivity contribution in [2.24, 2.45) is 0 Å². The number of rotatable bonds is 1. The molecule has 6 heteroatoms. The van der Waals surface area contributed by atoms with Crippen molar-refractivity contribution in [2.75, 3.05) is 0 Å². The zero-order chi connectivity index (χ0) is 11.3. The minimum atomic E-state index is -1.04. The lowest BCUT2D eigenvalue weighted by Crippen LogP contribution is -2.51. The number of hydroxylamine groups is 3. The molecule has 0 N–H and O–H groups in total. The largest absolute Gasteiger partial charge is 0.622 e. The molecule has 14 heavy (non-hydrogen) atoms.